The molecule has 0 aliphatic carbocycles. The van der Waals surface area contributed by atoms with E-state index in [9.17, 15) is 22.8 Å². The summed E-state index contributed by atoms with van der Waals surface area (Å²) in [5, 5.41) is 2.47. The Kier molecular flexibility index (Phi) is 5.80. The number of carbonyl (C=O) groups excluding carboxylic acids is 2. The van der Waals surface area contributed by atoms with Crippen molar-refractivity contribution in [3.63, 3.8) is 0 Å². The maximum Gasteiger partial charge on any atom is 0.416 e. The molecule has 0 spiro atoms. The van der Waals surface area contributed by atoms with Crippen LogP contribution in [-0.4, -0.2) is 17.9 Å². The van der Waals surface area contributed by atoms with E-state index in [1.165, 1.54) is 0 Å². The highest BCUT2D eigenvalue weighted by Crippen LogP contribution is 2.29. The zero-order valence-corrected chi connectivity index (χ0v) is 13.2. The Balaban J connectivity index is 2.01. The Morgan fingerprint density at radius 3 is 2.12 bits per heavy atom. The molecule has 0 heterocycles. The van der Waals surface area contributed by atoms with Crippen LogP contribution in [-0.2, 0) is 17.4 Å². The normalized spacial score (nSPS) is 12.4. The predicted octanol–water partition coefficient (Wildman–Crippen LogP) is 2.92. The lowest BCUT2D eigenvalue weighted by atomic mass is 10.0. The number of alkyl halides is 3. The van der Waals surface area contributed by atoms with Crippen molar-refractivity contribution in [1.82, 2.24) is 5.32 Å². The summed E-state index contributed by atoms with van der Waals surface area (Å²) in [6.45, 7) is 0. The van der Waals surface area contributed by atoms with Gasteiger partial charge in [-0.15, -0.1) is 0 Å². The van der Waals surface area contributed by atoms with Gasteiger partial charge in [0.05, 0.1) is 5.56 Å². The van der Waals surface area contributed by atoms with Crippen LogP contribution in [0.5, 0.6) is 0 Å². The summed E-state index contributed by atoms with van der Waals surface area (Å²) in [6, 6.07) is 12.2. The first-order valence-corrected chi connectivity index (χ1v) is 7.59. The second-order valence-electron chi connectivity index (χ2n) is 5.53. The molecule has 132 valence electrons. The van der Waals surface area contributed by atoms with Crippen LogP contribution in [0.1, 0.15) is 27.9 Å². The lowest BCUT2D eigenvalue weighted by Gasteiger charge is -2.16. The van der Waals surface area contributed by atoms with Crippen molar-refractivity contribution in [3.05, 3.63) is 71.3 Å². The minimum absolute atomic E-state index is 0.0268. The molecule has 0 bridgehead atoms. The van der Waals surface area contributed by atoms with Crippen LogP contribution in [0.3, 0.4) is 0 Å². The Morgan fingerprint density at radius 2 is 1.60 bits per heavy atom. The van der Waals surface area contributed by atoms with Crippen molar-refractivity contribution < 1.29 is 22.8 Å². The summed E-state index contributed by atoms with van der Waals surface area (Å²) in [6.07, 6.45) is -3.64. The van der Waals surface area contributed by atoms with E-state index in [0.29, 0.717) is 12.8 Å². The Bertz CT molecular complexity index is 728. The van der Waals surface area contributed by atoms with Crippen molar-refractivity contribution in [3.8, 4) is 0 Å². The number of benzene rings is 2. The molecular weight excluding hydrogens is 333 g/mol. The molecule has 3 N–H and O–H groups in total. The highest BCUT2D eigenvalue weighted by Gasteiger charge is 2.30. The molecule has 7 heteroatoms. The third-order valence-electron chi connectivity index (χ3n) is 3.69. The smallest absolute Gasteiger partial charge is 0.368 e. The largest absolute Gasteiger partial charge is 0.416 e. The average Bonchev–Trinajstić information content (AvgIpc) is 2.58. The van der Waals surface area contributed by atoms with Gasteiger partial charge in [-0.2, -0.15) is 13.2 Å². The number of primary amides is 1. The summed E-state index contributed by atoms with van der Waals surface area (Å²) in [5.41, 5.74) is 5.47. The van der Waals surface area contributed by atoms with Crippen LogP contribution in [0.25, 0.3) is 0 Å². The zero-order chi connectivity index (χ0) is 18.4. The van der Waals surface area contributed by atoms with Gasteiger partial charge in [0.1, 0.15) is 6.04 Å². The van der Waals surface area contributed by atoms with E-state index in [4.69, 9.17) is 5.73 Å². The molecule has 0 radical (unpaired) electrons. The molecule has 0 aliphatic heterocycles. The van der Waals surface area contributed by atoms with Gasteiger partial charge in [0.15, 0.2) is 0 Å². The average molecular weight is 350 g/mol. The van der Waals surface area contributed by atoms with Gasteiger partial charge in [0.25, 0.3) is 5.91 Å². The van der Waals surface area contributed by atoms with Gasteiger partial charge < -0.3 is 11.1 Å². The fraction of sp³-hybridized carbons (Fsp3) is 0.222. The number of rotatable bonds is 6. The van der Waals surface area contributed by atoms with Gasteiger partial charge in [0.2, 0.25) is 5.91 Å². The predicted molar refractivity (Wildman–Crippen MR) is 86.7 cm³/mol. The fourth-order valence-corrected chi connectivity index (χ4v) is 2.29. The number of amides is 2. The summed E-state index contributed by atoms with van der Waals surface area (Å²) in [4.78, 5) is 23.7. The molecule has 2 amide bonds. The Morgan fingerprint density at radius 1 is 1.00 bits per heavy atom. The van der Waals surface area contributed by atoms with Crippen LogP contribution in [0.2, 0.25) is 0 Å². The molecule has 0 fully saturated rings. The van der Waals surface area contributed by atoms with E-state index >= 15 is 0 Å². The number of nitrogens with one attached hydrogen (secondary N) is 1. The van der Waals surface area contributed by atoms with E-state index in [2.05, 4.69) is 5.32 Å². The van der Waals surface area contributed by atoms with Crippen LogP contribution in [0.4, 0.5) is 13.2 Å². The van der Waals surface area contributed by atoms with Crippen molar-refractivity contribution >= 4 is 11.8 Å². The molecule has 2 aromatic carbocycles. The maximum absolute atomic E-state index is 12.5. The second kappa shape index (κ2) is 7.83. The molecule has 0 saturated carbocycles. The molecule has 0 saturated heterocycles. The number of carbonyl (C=O) groups is 2. The van der Waals surface area contributed by atoms with Gasteiger partial charge >= 0.3 is 6.18 Å². The highest BCUT2D eigenvalue weighted by molar-refractivity contribution is 5.97. The molecule has 2 aromatic rings. The number of aryl methyl sites for hydroxylation is 1. The quantitative estimate of drug-likeness (QED) is 0.841. The topological polar surface area (TPSA) is 72.2 Å². The minimum atomic E-state index is -4.47. The third kappa shape index (κ3) is 5.34. The SMILES string of the molecule is NC(=O)[C@@H](CCc1ccccc1)NC(=O)c1ccc(C(F)(F)F)cc1. The Hall–Kier alpha value is -2.83. The first-order valence-electron chi connectivity index (χ1n) is 7.59. The lowest BCUT2D eigenvalue weighted by molar-refractivity contribution is -0.137. The second-order valence-corrected chi connectivity index (χ2v) is 5.53. The molecular formula is C18H17F3N2O2. The molecule has 25 heavy (non-hydrogen) atoms. The van der Waals surface area contributed by atoms with Crippen molar-refractivity contribution in [2.45, 2.75) is 25.1 Å². The van der Waals surface area contributed by atoms with Crippen molar-refractivity contribution in [1.29, 1.82) is 0 Å². The van der Waals surface area contributed by atoms with Crippen LogP contribution >= 0.6 is 0 Å². The molecule has 1 atom stereocenters. The van der Waals surface area contributed by atoms with Crippen LogP contribution < -0.4 is 11.1 Å². The van der Waals surface area contributed by atoms with Gasteiger partial charge in [-0.05, 0) is 42.7 Å². The van der Waals surface area contributed by atoms with Crippen LogP contribution in [0.15, 0.2) is 54.6 Å². The third-order valence-corrected chi connectivity index (χ3v) is 3.69. The van der Waals surface area contributed by atoms with Gasteiger partial charge in [-0.3, -0.25) is 9.59 Å². The number of halogens is 3. The standard InChI is InChI=1S/C18H17F3N2O2/c19-18(20,21)14-9-7-13(8-10-14)17(25)23-15(16(22)24)11-6-12-4-2-1-3-5-12/h1-5,7-10,15H,6,11H2,(H2,22,24)(H,23,25)/t15-/m1/s1. The lowest BCUT2D eigenvalue weighted by Crippen LogP contribution is -2.44. The fourth-order valence-electron chi connectivity index (χ4n) is 2.29. The van der Waals surface area contributed by atoms with Gasteiger partial charge in [-0.1, -0.05) is 30.3 Å². The van der Waals surface area contributed by atoms with Gasteiger partial charge in [0, 0.05) is 5.56 Å². The van der Waals surface area contributed by atoms with E-state index in [0.717, 1.165) is 29.8 Å². The van der Waals surface area contributed by atoms with Gasteiger partial charge in [-0.25, -0.2) is 0 Å². The van der Waals surface area contributed by atoms with Crippen LogP contribution in [0, 0.1) is 0 Å². The molecule has 4 nitrogen and oxygen atoms in total. The van der Waals surface area contributed by atoms with Crippen molar-refractivity contribution in [2.75, 3.05) is 0 Å². The Labute approximate surface area is 142 Å². The minimum Gasteiger partial charge on any atom is -0.368 e. The van der Waals surface area contributed by atoms with E-state index in [1.807, 2.05) is 30.3 Å². The van der Waals surface area contributed by atoms with E-state index < -0.39 is 29.6 Å². The summed E-state index contributed by atoms with van der Waals surface area (Å²) in [7, 11) is 0. The number of hydrogen-bond acceptors (Lipinski definition) is 2. The summed E-state index contributed by atoms with van der Waals surface area (Å²) >= 11 is 0. The first-order chi connectivity index (χ1) is 11.8. The molecule has 0 aliphatic rings. The molecule has 0 unspecified atom stereocenters. The molecule has 0 aromatic heterocycles. The summed E-state index contributed by atoms with van der Waals surface area (Å²) in [5.74, 6) is -1.35. The molecule has 2 rings (SSSR count). The van der Waals surface area contributed by atoms with E-state index in [-0.39, 0.29) is 5.56 Å². The summed E-state index contributed by atoms with van der Waals surface area (Å²) < 4.78 is 37.6. The number of nitrogens with two attached hydrogens (primary N) is 1. The monoisotopic (exact) mass is 350 g/mol. The highest BCUT2D eigenvalue weighted by atomic mass is 19.4. The van der Waals surface area contributed by atoms with Crippen molar-refractivity contribution in [2.24, 2.45) is 5.73 Å². The number of hydrogen-bond donors (Lipinski definition) is 2. The zero-order valence-electron chi connectivity index (χ0n) is 13.2. The maximum atomic E-state index is 12.5. The van der Waals surface area contributed by atoms with E-state index in [1.54, 1.807) is 0 Å². The first kappa shape index (κ1) is 18.5.